The van der Waals surface area contributed by atoms with Crippen molar-refractivity contribution in [2.45, 2.75) is 32.9 Å². The minimum absolute atomic E-state index is 0.0490. The molecule has 0 saturated carbocycles. The fraction of sp³-hybridized carbons (Fsp3) is 0.500. The summed E-state index contributed by atoms with van der Waals surface area (Å²) < 4.78 is 0. The highest BCUT2D eigenvalue weighted by molar-refractivity contribution is 6.28. The molecule has 1 atom stereocenters. The molecule has 0 bridgehead atoms. The van der Waals surface area contributed by atoms with Crippen LogP contribution in [0.5, 0.6) is 0 Å². The fourth-order valence-corrected chi connectivity index (χ4v) is 2.00. The van der Waals surface area contributed by atoms with Crippen LogP contribution in [0.4, 0.5) is 11.5 Å². The minimum atomic E-state index is -0.251. The summed E-state index contributed by atoms with van der Waals surface area (Å²) in [6.45, 7) is 5.86. The van der Waals surface area contributed by atoms with Gasteiger partial charge in [0.25, 0.3) is 0 Å². The molecule has 1 N–H and O–H groups in total. The first-order valence-corrected chi connectivity index (χ1v) is 5.50. The van der Waals surface area contributed by atoms with Gasteiger partial charge in [0.15, 0.2) is 5.82 Å². The largest absolute Gasteiger partial charge is 0.341 e. The lowest BCUT2D eigenvalue weighted by molar-refractivity contribution is -0.117. The maximum absolute atomic E-state index is 11.7. The zero-order valence-electron chi connectivity index (χ0n) is 9.36. The molecular weight excluding hydrogens is 228 g/mol. The van der Waals surface area contributed by atoms with Gasteiger partial charge in [-0.15, -0.1) is 0 Å². The second-order valence-electron chi connectivity index (χ2n) is 4.04. The van der Waals surface area contributed by atoms with Crippen LogP contribution < -0.4 is 10.2 Å². The lowest BCUT2D eigenvalue weighted by Crippen LogP contribution is -2.50. The van der Waals surface area contributed by atoms with Crippen LogP contribution in [0.15, 0.2) is 6.20 Å². The first-order valence-electron chi connectivity index (χ1n) is 5.12. The van der Waals surface area contributed by atoms with Crippen LogP contribution in [0.3, 0.4) is 0 Å². The normalized spacial score (nSPS) is 19.7. The number of carbonyl (C=O) groups excluding carboxylic acids is 1. The Morgan fingerprint density at radius 2 is 2.25 bits per heavy atom. The molecule has 1 aromatic rings. The molecule has 0 aliphatic carbocycles. The van der Waals surface area contributed by atoms with E-state index in [1.54, 1.807) is 0 Å². The summed E-state index contributed by atoms with van der Waals surface area (Å²) >= 11 is 5.77. The average molecular weight is 241 g/mol. The molecule has 2 rings (SSSR count). The first-order chi connectivity index (χ1) is 7.50. The molecule has 6 heteroatoms. The molecule has 0 spiro atoms. The highest BCUT2D eigenvalue weighted by Gasteiger charge is 2.32. The molecule has 0 fully saturated rings. The van der Waals surface area contributed by atoms with Gasteiger partial charge in [-0.1, -0.05) is 0 Å². The topological polar surface area (TPSA) is 58.1 Å². The number of anilines is 2. The van der Waals surface area contributed by atoms with Crippen molar-refractivity contribution in [2.75, 3.05) is 10.2 Å². The molecule has 2 heterocycles. The minimum Gasteiger partial charge on any atom is -0.341 e. The quantitative estimate of drug-likeness (QED) is 0.759. The summed E-state index contributed by atoms with van der Waals surface area (Å²) in [6.07, 6.45) is 1.53. The second-order valence-corrected chi connectivity index (χ2v) is 4.38. The highest BCUT2D eigenvalue weighted by Crippen LogP contribution is 2.31. The summed E-state index contributed by atoms with van der Waals surface area (Å²) in [7, 11) is 0. The number of nitrogens with zero attached hydrogens (tertiary/aromatic N) is 3. The van der Waals surface area contributed by atoms with Crippen LogP contribution in [-0.4, -0.2) is 28.0 Å². The van der Waals surface area contributed by atoms with Crippen molar-refractivity contribution in [3.05, 3.63) is 11.5 Å². The van der Waals surface area contributed by atoms with Gasteiger partial charge in [0, 0.05) is 6.04 Å². The molecule has 0 aromatic carbocycles. The molecule has 0 saturated heterocycles. The fourth-order valence-electron chi connectivity index (χ4n) is 1.88. The van der Waals surface area contributed by atoms with Crippen LogP contribution in [0.2, 0.25) is 5.28 Å². The number of halogens is 1. The lowest BCUT2D eigenvalue weighted by Gasteiger charge is -2.37. The van der Waals surface area contributed by atoms with Gasteiger partial charge in [0.05, 0.1) is 6.20 Å². The summed E-state index contributed by atoms with van der Waals surface area (Å²) in [5.41, 5.74) is 0.612. The Morgan fingerprint density at radius 1 is 1.56 bits per heavy atom. The van der Waals surface area contributed by atoms with Crippen molar-refractivity contribution in [1.29, 1.82) is 0 Å². The third-order valence-corrected chi connectivity index (χ3v) is 2.78. The molecular formula is C10H13ClN4O. The average Bonchev–Trinajstić information content (AvgIpc) is 2.20. The summed E-state index contributed by atoms with van der Waals surface area (Å²) in [5.74, 6) is 0.634. The summed E-state index contributed by atoms with van der Waals surface area (Å²) in [5, 5.41) is 2.95. The van der Waals surface area contributed by atoms with Gasteiger partial charge in [0.1, 0.15) is 11.7 Å². The van der Waals surface area contributed by atoms with E-state index in [1.807, 2.05) is 25.7 Å². The van der Waals surface area contributed by atoms with Crippen LogP contribution in [0.1, 0.15) is 20.8 Å². The summed E-state index contributed by atoms with van der Waals surface area (Å²) in [4.78, 5) is 21.7. The Bertz CT molecular complexity index is 435. The summed E-state index contributed by atoms with van der Waals surface area (Å²) in [6, 6.07) is -0.0794. The third-order valence-electron chi connectivity index (χ3n) is 2.59. The van der Waals surface area contributed by atoms with E-state index < -0.39 is 0 Å². The Balaban J connectivity index is 2.53. The van der Waals surface area contributed by atoms with Gasteiger partial charge in [-0.3, -0.25) is 4.79 Å². The molecule has 86 valence electrons. The van der Waals surface area contributed by atoms with Gasteiger partial charge >= 0.3 is 0 Å². The Kier molecular flexibility index (Phi) is 2.71. The van der Waals surface area contributed by atoms with Gasteiger partial charge in [-0.05, 0) is 32.4 Å². The lowest BCUT2D eigenvalue weighted by atomic mass is 10.1. The maximum Gasteiger partial charge on any atom is 0.246 e. The molecule has 1 amide bonds. The molecule has 1 aromatic heterocycles. The van der Waals surface area contributed by atoms with E-state index in [-0.39, 0.29) is 23.3 Å². The maximum atomic E-state index is 11.7. The molecule has 1 unspecified atom stereocenters. The van der Waals surface area contributed by atoms with E-state index in [9.17, 15) is 4.79 Å². The van der Waals surface area contributed by atoms with E-state index in [0.717, 1.165) is 0 Å². The van der Waals surface area contributed by atoms with Crippen molar-refractivity contribution < 1.29 is 4.79 Å². The van der Waals surface area contributed by atoms with Crippen molar-refractivity contribution in [2.24, 2.45) is 0 Å². The SMILES string of the molecule is CC(C)N1c2nc(Cl)ncc2NC(=O)C1C. The Morgan fingerprint density at radius 3 is 2.88 bits per heavy atom. The zero-order valence-corrected chi connectivity index (χ0v) is 10.1. The predicted molar refractivity (Wildman–Crippen MR) is 62.7 cm³/mol. The highest BCUT2D eigenvalue weighted by atomic mass is 35.5. The number of nitrogens with one attached hydrogen (secondary N) is 1. The second kappa shape index (κ2) is 3.90. The van der Waals surface area contributed by atoms with Crippen molar-refractivity contribution in [3.8, 4) is 0 Å². The van der Waals surface area contributed by atoms with Crippen LogP contribution in [0, 0.1) is 0 Å². The van der Waals surface area contributed by atoms with Gasteiger partial charge < -0.3 is 10.2 Å². The number of aromatic nitrogens is 2. The number of carbonyl (C=O) groups is 1. The standard InChI is InChI=1S/C10H13ClN4O/c1-5(2)15-6(3)9(16)13-7-4-12-10(11)14-8(7)15/h4-6H,1-3H3,(H,13,16). The van der Waals surface area contributed by atoms with Crippen molar-refractivity contribution in [3.63, 3.8) is 0 Å². The number of fused-ring (bicyclic) bond motifs is 1. The molecule has 1 aliphatic heterocycles. The third kappa shape index (κ3) is 1.71. The Hall–Kier alpha value is -1.36. The van der Waals surface area contributed by atoms with E-state index in [4.69, 9.17) is 11.6 Å². The molecule has 0 radical (unpaired) electrons. The Labute approximate surface area is 98.8 Å². The van der Waals surface area contributed by atoms with E-state index in [1.165, 1.54) is 6.20 Å². The van der Waals surface area contributed by atoms with E-state index in [0.29, 0.717) is 11.5 Å². The number of rotatable bonds is 1. The van der Waals surface area contributed by atoms with Gasteiger partial charge in [0.2, 0.25) is 11.2 Å². The zero-order chi connectivity index (χ0) is 11.9. The number of hydrogen-bond acceptors (Lipinski definition) is 4. The van der Waals surface area contributed by atoms with E-state index >= 15 is 0 Å². The molecule has 16 heavy (non-hydrogen) atoms. The molecule has 1 aliphatic rings. The van der Waals surface area contributed by atoms with Crippen LogP contribution >= 0.6 is 11.6 Å². The molecule has 5 nitrogen and oxygen atoms in total. The van der Waals surface area contributed by atoms with Crippen LogP contribution in [-0.2, 0) is 4.79 Å². The van der Waals surface area contributed by atoms with Crippen molar-refractivity contribution in [1.82, 2.24) is 9.97 Å². The van der Waals surface area contributed by atoms with Gasteiger partial charge in [-0.25, -0.2) is 4.98 Å². The van der Waals surface area contributed by atoms with Crippen molar-refractivity contribution >= 4 is 29.0 Å². The number of hydrogen-bond donors (Lipinski definition) is 1. The predicted octanol–water partition coefficient (Wildman–Crippen LogP) is 1.69. The monoisotopic (exact) mass is 240 g/mol. The van der Waals surface area contributed by atoms with Gasteiger partial charge in [-0.2, -0.15) is 4.98 Å². The first kappa shape index (κ1) is 11.1. The van der Waals surface area contributed by atoms with Crippen LogP contribution in [0.25, 0.3) is 0 Å². The smallest absolute Gasteiger partial charge is 0.246 e. The van der Waals surface area contributed by atoms with E-state index in [2.05, 4.69) is 15.3 Å². The number of amides is 1.